The van der Waals surface area contributed by atoms with Gasteiger partial charge in [-0.2, -0.15) is 0 Å². The van der Waals surface area contributed by atoms with E-state index in [4.69, 9.17) is 0 Å². The third-order valence-corrected chi connectivity index (χ3v) is 4.80. The predicted octanol–water partition coefficient (Wildman–Crippen LogP) is 3.01. The monoisotopic (exact) mass is 289 g/mol. The number of thiazole rings is 1. The smallest absolute Gasteiger partial charge is 0.241 e. The first-order chi connectivity index (χ1) is 9.76. The lowest BCUT2D eigenvalue weighted by atomic mass is 9.90. The van der Waals surface area contributed by atoms with Crippen molar-refractivity contribution < 1.29 is 4.79 Å². The van der Waals surface area contributed by atoms with Crippen molar-refractivity contribution in [3.63, 3.8) is 0 Å². The largest absolute Gasteiger partial charge is 0.325 e. The number of amides is 1. The van der Waals surface area contributed by atoms with Gasteiger partial charge in [0.25, 0.3) is 0 Å². The number of hydrogen-bond donors (Lipinski definition) is 2. The van der Waals surface area contributed by atoms with Crippen LogP contribution in [-0.4, -0.2) is 23.5 Å². The van der Waals surface area contributed by atoms with Crippen LogP contribution < -0.4 is 10.6 Å². The summed E-state index contributed by atoms with van der Waals surface area (Å²) in [5.74, 6) is 0.739. The van der Waals surface area contributed by atoms with Crippen LogP contribution in [0.15, 0.2) is 23.7 Å². The summed E-state index contributed by atoms with van der Waals surface area (Å²) in [6.07, 6.45) is 3.26. The number of benzene rings is 1. The summed E-state index contributed by atoms with van der Waals surface area (Å²) in [6.45, 7) is 3.13. The molecule has 1 amide bonds. The van der Waals surface area contributed by atoms with Gasteiger partial charge < -0.3 is 10.6 Å². The molecule has 0 spiro atoms. The first kappa shape index (κ1) is 13.5. The summed E-state index contributed by atoms with van der Waals surface area (Å²) in [5.41, 5.74) is 3.66. The molecule has 1 aromatic heterocycles. The number of carbonyl (C=O) groups excluding carboxylic acids is 1. The number of nitrogens with one attached hydrogen (secondary N) is 2. The van der Waals surface area contributed by atoms with Crippen LogP contribution in [0.3, 0.4) is 0 Å². The Morgan fingerprint density at radius 1 is 1.55 bits per heavy atom. The fourth-order valence-corrected chi connectivity index (χ4v) is 3.45. The number of nitrogens with zero attached hydrogens (tertiary/aromatic N) is 1. The predicted molar refractivity (Wildman–Crippen MR) is 83.1 cm³/mol. The molecule has 0 saturated carbocycles. The lowest BCUT2D eigenvalue weighted by Crippen LogP contribution is -2.46. The van der Waals surface area contributed by atoms with E-state index in [-0.39, 0.29) is 11.9 Å². The Hall–Kier alpha value is -1.46. The zero-order valence-corrected chi connectivity index (χ0v) is 12.4. The van der Waals surface area contributed by atoms with Crippen LogP contribution in [0, 0.1) is 5.92 Å². The molecule has 0 aliphatic carbocycles. The molecule has 1 aliphatic heterocycles. The van der Waals surface area contributed by atoms with Gasteiger partial charge in [0.2, 0.25) is 5.91 Å². The van der Waals surface area contributed by atoms with E-state index in [0.29, 0.717) is 5.92 Å². The number of carbonyl (C=O) groups is 1. The Morgan fingerprint density at radius 2 is 2.45 bits per heavy atom. The maximum absolute atomic E-state index is 12.3. The van der Waals surface area contributed by atoms with Crippen molar-refractivity contribution in [2.24, 2.45) is 5.92 Å². The molecule has 0 radical (unpaired) electrons. The summed E-state index contributed by atoms with van der Waals surface area (Å²) in [7, 11) is 0. The van der Waals surface area contributed by atoms with Crippen molar-refractivity contribution in [1.29, 1.82) is 0 Å². The molecule has 3 rings (SSSR count). The third-order valence-electron chi connectivity index (χ3n) is 4.01. The van der Waals surface area contributed by atoms with Gasteiger partial charge in [-0.15, -0.1) is 11.3 Å². The Balaban J connectivity index is 1.68. The van der Waals surface area contributed by atoms with Gasteiger partial charge in [-0.1, -0.05) is 13.3 Å². The summed E-state index contributed by atoms with van der Waals surface area (Å²) in [6, 6.07) is 5.79. The first-order valence-electron chi connectivity index (χ1n) is 7.13. The molecule has 2 unspecified atom stereocenters. The Bertz CT molecular complexity index is 610. The van der Waals surface area contributed by atoms with E-state index in [1.54, 1.807) is 11.3 Å². The summed E-state index contributed by atoms with van der Waals surface area (Å²) in [4.78, 5) is 16.6. The molecular formula is C15H19N3OS. The molecule has 20 heavy (non-hydrogen) atoms. The minimum atomic E-state index is -0.0640. The summed E-state index contributed by atoms with van der Waals surface area (Å²) >= 11 is 1.59. The minimum absolute atomic E-state index is 0.0640. The van der Waals surface area contributed by atoms with Crippen LogP contribution in [0.25, 0.3) is 10.2 Å². The van der Waals surface area contributed by atoms with Gasteiger partial charge >= 0.3 is 0 Å². The van der Waals surface area contributed by atoms with Crippen LogP contribution in [-0.2, 0) is 4.79 Å². The lowest BCUT2D eigenvalue weighted by molar-refractivity contribution is -0.119. The molecule has 2 heterocycles. The average Bonchev–Trinajstić information content (AvgIpc) is 2.95. The van der Waals surface area contributed by atoms with Crippen molar-refractivity contribution in [1.82, 2.24) is 10.3 Å². The van der Waals surface area contributed by atoms with Gasteiger partial charge in [0.15, 0.2) is 0 Å². The lowest BCUT2D eigenvalue weighted by Gasteiger charge is -2.28. The molecule has 1 saturated heterocycles. The number of hydrogen-bond acceptors (Lipinski definition) is 4. The molecule has 1 fully saturated rings. The number of rotatable bonds is 3. The van der Waals surface area contributed by atoms with Crippen LogP contribution in [0.5, 0.6) is 0 Å². The first-order valence-corrected chi connectivity index (χ1v) is 8.01. The SMILES string of the molecule is CCC1CCNC(C(=O)Nc2ccc3ncsc3c2)C1. The fraction of sp³-hybridized carbons (Fsp3) is 0.467. The van der Waals surface area contributed by atoms with Crippen molar-refractivity contribution in [2.75, 3.05) is 11.9 Å². The van der Waals surface area contributed by atoms with Crippen molar-refractivity contribution in [2.45, 2.75) is 32.2 Å². The second-order valence-corrected chi connectivity index (χ2v) is 6.22. The van der Waals surface area contributed by atoms with E-state index in [9.17, 15) is 4.79 Å². The second kappa shape index (κ2) is 5.89. The Morgan fingerprint density at radius 3 is 3.30 bits per heavy atom. The van der Waals surface area contributed by atoms with E-state index in [0.717, 1.165) is 35.3 Å². The molecule has 2 atom stereocenters. The zero-order chi connectivity index (χ0) is 13.9. The van der Waals surface area contributed by atoms with Crippen LogP contribution in [0.1, 0.15) is 26.2 Å². The molecule has 4 nitrogen and oxygen atoms in total. The third kappa shape index (κ3) is 2.83. The highest BCUT2D eigenvalue weighted by atomic mass is 32.1. The molecule has 2 N–H and O–H groups in total. The molecule has 5 heteroatoms. The van der Waals surface area contributed by atoms with E-state index in [1.165, 1.54) is 6.42 Å². The Kier molecular flexibility index (Phi) is 3.98. The summed E-state index contributed by atoms with van der Waals surface area (Å²) in [5, 5.41) is 6.33. The van der Waals surface area contributed by atoms with Gasteiger partial charge in [0, 0.05) is 5.69 Å². The Labute approximate surface area is 122 Å². The molecule has 2 aromatic rings. The molecule has 1 aliphatic rings. The van der Waals surface area contributed by atoms with E-state index >= 15 is 0 Å². The standard InChI is InChI=1S/C15H19N3OS/c1-2-10-5-6-16-13(7-10)15(19)18-11-3-4-12-14(8-11)20-9-17-12/h3-4,8-10,13,16H,2,5-7H2,1H3,(H,18,19). The maximum atomic E-state index is 12.3. The maximum Gasteiger partial charge on any atom is 0.241 e. The van der Waals surface area contributed by atoms with Gasteiger partial charge in [-0.3, -0.25) is 4.79 Å². The normalized spacial score (nSPS) is 22.9. The highest BCUT2D eigenvalue weighted by Crippen LogP contribution is 2.23. The minimum Gasteiger partial charge on any atom is -0.325 e. The van der Waals surface area contributed by atoms with Crippen LogP contribution in [0.2, 0.25) is 0 Å². The van der Waals surface area contributed by atoms with E-state index in [2.05, 4.69) is 22.5 Å². The van der Waals surface area contributed by atoms with Gasteiger partial charge in [0.05, 0.1) is 21.8 Å². The number of aromatic nitrogens is 1. The van der Waals surface area contributed by atoms with E-state index in [1.807, 2.05) is 23.7 Å². The van der Waals surface area contributed by atoms with Crippen LogP contribution in [0.4, 0.5) is 5.69 Å². The topological polar surface area (TPSA) is 54.0 Å². The number of fused-ring (bicyclic) bond motifs is 1. The molecular weight excluding hydrogens is 270 g/mol. The van der Waals surface area contributed by atoms with E-state index < -0.39 is 0 Å². The van der Waals surface area contributed by atoms with Crippen LogP contribution >= 0.6 is 11.3 Å². The molecule has 0 bridgehead atoms. The number of piperidine rings is 1. The highest BCUT2D eigenvalue weighted by Gasteiger charge is 2.25. The van der Waals surface area contributed by atoms with Gasteiger partial charge in [-0.05, 0) is 43.5 Å². The molecule has 1 aromatic carbocycles. The molecule has 106 valence electrons. The highest BCUT2D eigenvalue weighted by molar-refractivity contribution is 7.16. The van der Waals surface area contributed by atoms with Gasteiger partial charge in [-0.25, -0.2) is 4.98 Å². The fourth-order valence-electron chi connectivity index (χ4n) is 2.73. The van der Waals surface area contributed by atoms with Crippen molar-refractivity contribution in [3.8, 4) is 0 Å². The average molecular weight is 289 g/mol. The zero-order valence-electron chi connectivity index (χ0n) is 11.6. The van der Waals surface area contributed by atoms with Gasteiger partial charge in [0.1, 0.15) is 0 Å². The number of anilines is 1. The second-order valence-electron chi connectivity index (χ2n) is 5.33. The van der Waals surface area contributed by atoms with Crippen molar-refractivity contribution in [3.05, 3.63) is 23.7 Å². The summed E-state index contributed by atoms with van der Waals surface area (Å²) < 4.78 is 1.10. The van der Waals surface area contributed by atoms with Crippen molar-refractivity contribution >= 4 is 33.1 Å². The quantitative estimate of drug-likeness (QED) is 0.913.